The Labute approximate surface area is 113 Å². The van der Waals surface area contributed by atoms with Crippen LogP contribution in [0.4, 0.5) is 13.2 Å². The fourth-order valence-electron chi connectivity index (χ4n) is 1.54. The van der Waals surface area contributed by atoms with Crippen LogP contribution in [0.2, 0.25) is 0 Å². The Morgan fingerprint density at radius 3 is 2.67 bits per heavy atom. The zero-order valence-electron chi connectivity index (χ0n) is 10.4. The van der Waals surface area contributed by atoms with E-state index in [1.807, 2.05) is 0 Å². The maximum Gasteiger partial charge on any atom is 1.00 e. The van der Waals surface area contributed by atoms with E-state index in [4.69, 9.17) is 5.11 Å². The normalized spacial score (nSPS) is 11.3. The van der Waals surface area contributed by atoms with Crippen molar-refractivity contribution >= 4 is 17.0 Å². The van der Waals surface area contributed by atoms with Gasteiger partial charge in [0.05, 0.1) is 11.1 Å². The number of imidazole rings is 1. The van der Waals surface area contributed by atoms with Crippen LogP contribution in [-0.2, 0) is 17.4 Å². The Bertz CT molecular complexity index is 586. The molecule has 2 N–H and O–H groups in total. The maximum atomic E-state index is 12.6. The van der Waals surface area contributed by atoms with Crippen molar-refractivity contribution in [3.63, 3.8) is 0 Å². The van der Waals surface area contributed by atoms with Gasteiger partial charge in [-0.2, -0.15) is 13.2 Å². The summed E-state index contributed by atoms with van der Waals surface area (Å²) in [4.78, 5) is 16.7. The first-order valence-corrected chi connectivity index (χ1v) is 4.64. The molecule has 92 valence electrons. The summed E-state index contributed by atoms with van der Waals surface area (Å²) in [6, 6.07) is 3.57. The monoisotopic (exact) mass is 252 g/mol. The number of nitrogens with one attached hydrogen (secondary N) is 1. The molecule has 0 unspecified atom stereocenters. The van der Waals surface area contributed by atoms with E-state index in [-0.39, 0.29) is 37.1 Å². The number of aromatic amines is 1. The summed E-state index contributed by atoms with van der Waals surface area (Å²) in [7, 11) is 0. The Morgan fingerprint density at radius 2 is 2.11 bits per heavy atom. The average molecular weight is 252 g/mol. The molecule has 0 aliphatic heterocycles. The van der Waals surface area contributed by atoms with Gasteiger partial charge < -0.3 is 11.5 Å². The predicted octanol–water partition coefficient (Wildman–Crippen LogP) is -0.675. The fourth-order valence-corrected chi connectivity index (χ4v) is 1.54. The van der Waals surface area contributed by atoms with Crippen molar-refractivity contribution < 1.29 is 43.4 Å². The van der Waals surface area contributed by atoms with Gasteiger partial charge in [-0.1, -0.05) is 6.07 Å². The van der Waals surface area contributed by atoms with Crippen LogP contribution in [0.5, 0.6) is 0 Å². The van der Waals surface area contributed by atoms with E-state index in [9.17, 15) is 18.0 Å². The van der Waals surface area contributed by atoms with Gasteiger partial charge >= 0.3 is 31.0 Å². The zero-order chi connectivity index (χ0) is 12.6. The molecule has 1 aromatic heterocycles. The Morgan fingerprint density at radius 1 is 1.44 bits per heavy atom. The van der Waals surface area contributed by atoms with Crippen LogP contribution in [0, 0.1) is 0 Å². The van der Waals surface area contributed by atoms with E-state index < -0.39 is 24.1 Å². The number of para-hydroxylation sites is 1. The number of aliphatic carboxylic acids is 1. The van der Waals surface area contributed by atoms with Crippen LogP contribution >= 0.6 is 0 Å². The SMILES string of the molecule is O=C(O)Cc1nc2c(C(F)(F)F)cccc2[nH]1.[H-].[Li+]. The van der Waals surface area contributed by atoms with Gasteiger partial charge in [0.2, 0.25) is 0 Å². The third-order valence-corrected chi connectivity index (χ3v) is 2.19. The first-order valence-electron chi connectivity index (χ1n) is 4.64. The van der Waals surface area contributed by atoms with Crippen LogP contribution < -0.4 is 18.9 Å². The largest absolute Gasteiger partial charge is 1.00 e. The molecule has 4 nitrogen and oxygen atoms in total. The van der Waals surface area contributed by atoms with Crippen molar-refractivity contribution in [3.8, 4) is 0 Å². The van der Waals surface area contributed by atoms with Gasteiger partial charge in [-0.25, -0.2) is 4.98 Å². The molecule has 1 aromatic carbocycles. The number of hydrogen-bond donors (Lipinski definition) is 2. The molecule has 0 aliphatic rings. The van der Waals surface area contributed by atoms with Gasteiger partial charge in [-0.05, 0) is 12.1 Å². The Kier molecular flexibility index (Phi) is 4.09. The van der Waals surface area contributed by atoms with Crippen molar-refractivity contribution in [1.82, 2.24) is 9.97 Å². The predicted molar refractivity (Wildman–Crippen MR) is 53.5 cm³/mol. The van der Waals surface area contributed by atoms with Crippen molar-refractivity contribution in [2.75, 3.05) is 0 Å². The molecule has 18 heavy (non-hydrogen) atoms. The van der Waals surface area contributed by atoms with E-state index in [0.29, 0.717) is 0 Å². The molecule has 1 heterocycles. The average Bonchev–Trinajstić information content (AvgIpc) is 2.55. The number of H-pyrrole nitrogens is 1. The summed E-state index contributed by atoms with van der Waals surface area (Å²) in [5, 5.41) is 8.54. The topological polar surface area (TPSA) is 66.0 Å². The van der Waals surface area contributed by atoms with Crippen molar-refractivity contribution in [2.45, 2.75) is 12.6 Å². The molecule has 8 heteroatoms. The van der Waals surface area contributed by atoms with Crippen LogP contribution in [-0.4, -0.2) is 21.0 Å². The van der Waals surface area contributed by atoms with Crippen LogP contribution in [0.25, 0.3) is 11.0 Å². The molecular formula is C10H8F3LiN2O2. The second-order valence-electron chi connectivity index (χ2n) is 3.45. The molecule has 0 saturated carbocycles. The zero-order valence-corrected chi connectivity index (χ0v) is 9.38. The van der Waals surface area contributed by atoms with Gasteiger partial charge in [0, 0.05) is 0 Å². The van der Waals surface area contributed by atoms with Crippen LogP contribution in [0.1, 0.15) is 12.8 Å². The third kappa shape index (κ3) is 2.86. The summed E-state index contributed by atoms with van der Waals surface area (Å²) in [5.74, 6) is -1.15. The second-order valence-corrected chi connectivity index (χ2v) is 3.45. The van der Waals surface area contributed by atoms with Gasteiger partial charge in [0.25, 0.3) is 0 Å². The number of halogens is 3. The first kappa shape index (κ1) is 14.6. The van der Waals surface area contributed by atoms with E-state index >= 15 is 0 Å². The quantitative estimate of drug-likeness (QED) is 0.696. The molecule has 0 bridgehead atoms. The number of fused-ring (bicyclic) bond motifs is 1. The number of carbonyl (C=O) groups is 1. The second kappa shape index (κ2) is 5.04. The molecule has 0 saturated heterocycles. The third-order valence-electron chi connectivity index (χ3n) is 2.19. The summed E-state index contributed by atoms with van der Waals surface area (Å²) < 4.78 is 37.9. The molecular weight excluding hydrogens is 244 g/mol. The fraction of sp³-hybridized carbons (Fsp3) is 0.200. The summed E-state index contributed by atoms with van der Waals surface area (Å²) in [6.45, 7) is 0. The number of carboxylic acid groups (broad SMARTS) is 1. The number of hydrogen-bond acceptors (Lipinski definition) is 2. The minimum absolute atomic E-state index is 0. The van der Waals surface area contributed by atoms with E-state index in [1.54, 1.807) is 0 Å². The molecule has 2 aromatic rings. The van der Waals surface area contributed by atoms with Crippen LogP contribution in [0.3, 0.4) is 0 Å². The van der Waals surface area contributed by atoms with Gasteiger partial charge in [-0.15, -0.1) is 0 Å². The summed E-state index contributed by atoms with van der Waals surface area (Å²) in [5.41, 5.74) is -0.949. The van der Waals surface area contributed by atoms with E-state index in [2.05, 4.69) is 9.97 Å². The number of alkyl halides is 3. The first-order chi connectivity index (χ1) is 7.88. The van der Waals surface area contributed by atoms with Crippen LogP contribution in [0.15, 0.2) is 18.2 Å². The molecule has 0 atom stereocenters. The maximum absolute atomic E-state index is 12.6. The molecule has 0 amide bonds. The molecule has 2 rings (SSSR count). The number of rotatable bonds is 2. The Hall–Kier alpha value is -1.45. The van der Waals surface area contributed by atoms with Gasteiger partial charge in [-0.3, -0.25) is 4.79 Å². The van der Waals surface area contributed by atoms with Gasteiger partial charge in [0.1, 0.15) is 17.8 Å². The van der Waals surface area contributed by atoms with Crippen molar-refractivity contribution in [2.24, 2.45) is 0 Å². The van der Waals surface area contributed by atoms with Gasteiger partial charge in [0.15, 0.2) is 0 Å². The molecule has 0 aliphatic carbocycles. The smallest absolute Gasteiger partial charge is 1.00 e. The van der Waals surface area contributed by atoms with E-state index in [0.717, 1.165) is 6.07 Å². The summed E-state index contributed by atoms with van der Waals surface area (Å²) in [6.07, 6.45) is -4.94. The number of nitrogens with zero attached hydrogens (tertiary/aromatic N) is 1. The minimum atomic E-state index is -4.50. The van der Waals surface area contributed by atoms with Crippen molar-refractivity contribution in [1.29, 1.82) is 0 Å². The molecule has 0 spiro atoms. The summed E-state index contributed by atoms with van der Waals surface area (Å²) >= 11 is 0. The number of aromatic nitrogens is 2. The molecule has 0 radical (unpaired) electrons. The molecule has 0 fully saturated rings. The van der Waals surface area contributed by atoms with E-state index in [1.165, 1.54) is 12.1 Å². The Balaban J connectivity index is 0.00000162. The number of carboxylic acids is 1. The standard InChI is InChI=1S/C10H7F3N2O2.Li.H/c11-10(12,13)5-2-1-3-6-9(5)15-7(14-6)4-8(16)17;;/h1-3H,4H2,(H,14,15)(H,16,17);;/q;+1;-1. The van der Waals surface area contributed by atoms with Crippen molar-refractivity contribution in [3.05, 3.63) is 29.6 Å². The number of benzene rings is 1. The minimum Gasteiger partial charge on any atom is -1.00 e.